The second-order valence-corrected chi connectivity index (χ2v) is 7.06. The molecule has 0 amide bonds. The molecule has 2 fully saturated rings. The molecule has 0 atom stereocenters. The maximum absolute atomic E-state index is 4.80. The van der Waals surface area contributed by atoms with Crippen LogP contribution in [0.1, 0.15) is 45.1 Å². The number of likely N-dealkylation sites (tertiary alicyclic amines) is 1. The maximum atomic E-state index is 4.80. The SMILES string of the molecule is CCNC(=NCc1ccc(N2CCC(C)CC2)nc1)N1CCCC1. The molecule has 2 aliphatic heterocycles. The topological polar surface area (TPSA) is 43.8 Å². The van der Waals surface area contributed by atoms with E-state index in [1.165, 1.54) is 31.2 Å². The molecule has 0 aromatic carbocycles. The fourth-order valence-corrected chi connectivity index (χ4v) is 3.46. The third-order valence-corrected chi connectivity index (χ3v) is 5.07. The lowest BCUT2D eigenvalue weighted by atomic mass is 9.99. The summed E-state index contributed by atoms with van der Waals surface area (Å²) in [6.45, 7) is 10.6. The van der Waals surface area contributed by atoms with Crippen molar-refractivity contribution in [3.63, 3.8) is 0 Å². The maximum Gasteiger partial charge on any atom is 0.194 e. The fourth-order valence-electron chi connectivity index (χ4n) is 3.46. The average molecular weight is 329 g/mol. The van der Waals surface area contributed by atoms with Crippen molar-refractivity contribution in [2.24, 2.45) is 10.9 Å². The van der Waals surface area contributed by atoms with E-state index in [9.17, 15) is 0 Å². The summed E-state index contributed by atoms with van der Waals surface area (Å²) in [5, 5.41) is 3.41. The summed E-state index contributed by atoms with van der Waals surface area (Å²) in [7, 11) is 0. The largest absolute Gasteiger partial charge is 0.357 e. The van der Waals surface area contributed by atoms with Gasteiger partial charge in [0.1, 0.15) is 5.82 Å². The van der Waals surface area contributed by atoms with Crippen molar-refractivity contribution in [3.05, 3.63) is 23.9 Å². The van der Waals surface area contributed by atoms with Gasteiger partial charge < -0.3 is 15.1 Å². The highest BCUT2D eigenvalue weighted by Gasteiger charge is 2.17. The predicted molar refractivity (Wildman–Crippen MR) is 100 cm³/mol. The molecule has 24 heavy (non-hydrogen) atoms. The van der Waals surface area contributed by atoms with E-state index in [1.807, 2.05) is 6.20 Å². The quantitative estimate of drug-likeness (QED) is 0.681. The first-order valence-corrected chi connectivity index (χ1v) is 9.49. The number of aliphatic imine (C=N–C) groups is 1. The molecule has 2 aliphatic rings. The van der Waals surface area contributed by atoms with E-state index in [4.69, 9.17) is 4.99 Å². The molecule has 1 aromatic heterocycles. The normalized spacial score (nSPS) is 19.8. The van der Waals surface area contributed by atoms with Crippen molar-refractivity contribution in [2.75, 3.05) is 37.6 Å². The predicted octanol–water partition coefficient (Wildman–Crippen LogP) is 2.88. The second kappa shape index (κ2) is 8.36. The minimum atomic E-state index is 0.698. The van der Waals surface area contributed by atoms with Crippen molar-refractivity contribution in [1.82, 2.24) is 15.2 Å². The zero-order valence-electron chi connectivity index (χ0n) is 15.2. The highest BCUT2D eigenvalue weighted by atomic mass is 15.3. The number of nitrogens with zero attached hydrogens (tertiary/aromatic N) is 4. The Morgan fingerprint density at radius 1 is 1.21 bits per heavy atom. The summed E-state index contributed by atoms with van der Waals surface area (Å²) >= 11 is 0. The molecule has 0 spiro atoms. The third kappa shape index (κ3) is 4.40. The summed E-state index contributed by atoms with van der Waals surface area (Å²) in [6, 6.07) is 4.33. The third-order valence-electron chi connectivity index (χ3n) is 5.07. The highest BCUT2D eigenvalue weighted by molar-refractivity contribution is 5.80. The first-order chi connectivity index (χ1) is 11.8. The van der Waals surface area contributed by atoms with Crippen molar-refractivity contribution in [1.29, 1.82) is 0 Å². The van der Waals surface area contributed by atoms with Crippen LogP contribution < -0.4 is 10.2 Å². The number of pyridine rings is 1. The zero-order chi connectivity index (χ0) is 16.8. The summed E-state index contributed by atoms with van der Waals surface area (Å²) in [4.78, 5) is 14.2. The molecule has 0 aliphatic carbocycles. The van der Waals surface area contributed by atoms with Crippen LogP contribution in [0.3, 0.4) is 0 Å². The van der Waals surface area contributed by atoms with Gasteiger partial charge in [0, 0.05) is 38.9 Å². The van der Waals surface area contributed by atoms with Gasteiger partial charge in [0.25, 0.3) is 0 Å². The number of guanidine groups is 1. The molecule has 2 saturated heterocycles. The Bertz CT molecular complexity index is 525. The molecule has 3 heterocycles. The van der Waals surface area contributed by atoms with Gasteiger partial charge >= 0.3 is 0 Å². The van der Waals surface area contributed by atoms with Crippen LogP contribution in [-0.2, 0) is 6.54 Å². The van der Waals surface area contributed by atoms with Gasteiger partial charge in [0.05, 0.1) is 6.54 Å². The minimum absolute atomic E-state index is 0.698. The smallest absolute Gasteiger partial charge is 0.194 e. The molecule has 0 bridgehead atoms. The Morgan fingerprint density at radius 3 is 2.58 bits per heavy atom. The van der Waals surface area contributed by atoms with Gasteiger partial charge in [-0.1, -0.05) is 13.0 Å². The van der Waals surface area contributed by atoms with Crippen LogP contribution in [-0.4, -0.2) is 48.6 Å². The Hall–Kier alpha value is -1.78. The van der Waals surface area contributed by atoms with Gasteiger partial charge in [-0.05, 0) is 50.2 Å². The Labute approximate surface area is 146 Å². The number of rotatable bonds is 4. The fraction of sp³-hybridized carbons (Fsp3) is 0.684. The minimum Gasteiger partial charge on any atom is -0.357 e. The van der Waals surface area contributed by atoms with Crippen LogP contribution in [0.5, 0.6) is 0 Å². The van der Waals surface area contributed by atoms with Gasteiger partial charge in [0.2, 0.25) is 0 Å². The molecule has 5 heteroatoms. The molecule has 1 N–H and O–H groups in total. The Kier molecular flexibility index (Phi) is 5.94. The van der Waals surface area contributed by atoms with E-state index >= 15 is 0 Å². The second-order valence-electron chi connectivity index (χ2n) is 7.06. The lowest BCUT2D eigenvalue weighted by molar-refractivity contribution is 0.436. The summed E-state index contributed by atoms with van der Waals surface area (Å²) in [6.07, 6.45) is 7.08. The number of aromatic nitrogens is 1. The lowest BCUT2D eigenvalue weighted by Gasteiger charge is -2.31. The van der Waals surface area contributed by atoms with Crippen molar-refractivity contribution >= 4 is 11.8 Å². The van der Waals surface area contributed by atoms with Gasteiger partial charge in [0.15, 0.2) is 5.96 Å². The van der Waals surface area contributed by atoms with E-state index in [1.54, 1.807) is 0 Å². The molecule has 1 aromatic rings. The summed E-state index contributed by atoms with van der Waals surface area (Å²) < 4.78 is 0. The van der Waals surface area contributed by atoms with Crippen molar-refractivity contribution < 1.29 is 0 Å². The molecule has 0 radical (unpaired) electrons. The first-order valence-electron chi connectivity index (χ1n) is 9.49. The number of piperidine rings is 1. The van der Waals surface area contributed by atoms with E-state index in [-0.39, 0.29) is 0 Å². The number of nitrogens with one attached hydrogen (secondary N) is 1. The van der Waals surface area contributed by atoms with Crippen molar-refractivity contribution in [3.8, 4) is 0 Å². The lowest BCUT2D eigenvalue weighted by Crippen LogP contribution is -2.39. The van der Waals surface area contributed by atoms with Crippen LogP contribution in [0.25, 0.3) is 0 Å². The van der Waals surface area contributed by atoms with Crippen LogP contribution >= 0.6 is 0 Å². The molecular formula is C19H31N5. The van der Waals surface area contributed by atoms with Gasteiger partial charge in [-0.25, -0.2) is 9.98 Å². The average Bonchev–Trinajstić information content (AvgIpc) is 3.14. The van der Waals surface area contributed by atoms with E-state index < -0.39 is 0 Å². The monoisotopic (exact) mass is 329 g/mol. The van der Waals surface area contributed by atoms with E-state index in [0.29, 0.717) is 6.54 Å². The summed E-state index contributed by atoms with van der Waals surface area (Å²) in [5.74, 6) is 3.01. The van der Waals surface area contributed by atoms with Crippen LogP contribution in [0.2, 0.25) is 0 Å². The molecule has 132 valence electrons. The number of hydrogen-bond acceptors (Lipinski definition) is 3. The Balaban J connectivity index is 1.59. The zero-order valence-corrected chi connectivity index (χ0v) is 15.2. The van der Waals surface area contributed by atoms with Crippen LogP contribution in [0.15, 0.2) is 23.3 Å². The number of hydrogen-bond donors (Lipinski definition) is 1. The standard InChI is InChI=1S/C19H31N5/c1-3-20-19(24-10-4-5-11-24)22-15-17-6-7-18(21-14-17)23-12-8-16(2)9-13-23/h6-7,14,16H,3-5,8-13,15H2,1-2H3,(H,20,22). The Morgan fingerprint density at radius 2 is 1.96 bits per heavy atom. The van der Waals surface area contributed by atoms with Crippen molar-refractivity contribution in [2.45, 2.75) is 46.1 Å². The number of anilines is 1. The molecule has 5 nitrogen and oxygen atoms in total. The molecular weight excluding hydrogens is 298 g/mol. The van der Waals surface area contributed by atoms with Crippen LogP contribution in [0, 0.1) is 5.92 Å². The van der Waals surface area contributed by atoms with Crippen LogP contribution in [0.4, 0.5) is 5.82 Å². The summed E-state index contributed by atoms with van der Waals surface area (Å²) in [5.41, 5.74) is 1.18. The van der Waals surface area contributed by atoms with Gasteiger partial charge in [-0.15, -0.1) is 0 Å². The molecule has 3 rings (SSSR count). The first kappa shape index (κ1) is 17.1. The molecule has 0 unspecified atom stereocenters. The highest BCUT2D eigenvalue weighted by Crippen LogP contribution is 2.21. The van der Waals surface area contributed by atoms with Gasteiger partial charge in [-0.2, -0.15) is 0 Å². The molecule has 0 saturated carbocycles. The van der Waals surface area contributed by atoms with E-state index in [2.05, 4.69) is 46.1 Å². The van der Waals surface area contributed by atoms with E-state index in [0.717, 1.165) is 50.4 Å². The van der Waals surface area contributed by atoms with Gasteiger partial charge in [-0.3, -0.25) is 0 Å².